The Bertz CT molecular complexity index is 788. The molecule has 9 heteroatoms. The second-order valence-electron chi connectivity index (χ2n) is 7.13. The Morgan fingerprint density at radius 2 is 2.10 bits per heavy atom. The van der Waals surface area contributed by atoms with Gasteiger partial charge in [0.15, 0.2) is 0 Å². The molecular weight excluding hydrogens is 408 g/mol. The maximum absolute atomic E-state index is 12.8. The first kappa shape index (κ1) is 21.9. The van der Waals surface area contributed by atoms with Gasteiger partial charge in [-0.05, 0) is 17.4 Å². The molecule has 1 fully saturated rings. The monoisotopic (exact) mass is 436 g/mol. The maximum Gasteiger partial charge on any atom is 0.271 e. The molecule has 0 radical (unpaired) electrons. The van der Waals surface area contributed by atoms with E-state index in [0.29, 0.717) is 12.2 Å². The molecule has 1 aliphatic heterocycles. The van der Waals surface area contributed by atoms with Crippen LogP contribution in [-0.4, -0.2) is 67.1 Å². The van der Waals surface area contributed by atoms with Crippen LogP contribution in [0.3, 0.4) is 0 Å². The lowest BCUT2D eigenvalue weighted by Gasteiger charge is -2.27. The van der Waals surface area contributed by atoms with Crippen LogP contribution in [0.2, 0.25) is 0 Å². The van der Waals surface area contributed by atoms with Crippen molar-refractivity contribution in [2.75, 3.05) is 39.4 Å². The van der Waals surface area contributed by atoms with Crippen molar-refractivity contribution in [1.29, 1.82) is 0 Å². The number of carbonyl (C=O) groups is 2. The molecule has 2 amide bonds. The van der Waals surface area contributed by atoms with Gasteiger partial charge in [0.25, 0.3) is 5.91 Å². The molecule has 3 rings (SSSR count). The molecule has 0 aromatic carbocycles. The van der Waals surface area contributed by atoms with Gasteiger partial charge in [-0.15, -0.1) is 11.3 Å². The van der Waals surface area contributed by atoms with Crippen molar-refractivity contribution in [2.45, 2.75) is 26.3 Å². The molecule has 2 aromatic rings. The van der Waals surface area contributed by atoms with Crippen molar-refractivity contribution in [3.63, 3.8) is 0 Å². The Kier molecular flexibility index (Phi) is 8.17. The zero-order chi connectivity index (χ0) is 20.6. The Labute approximate surface area is 179 Å². The van der Waals surface area contributed by atoms with Crippen molar-refractivity contribution >= 4 is 34.5 Å². The van der Waals surface area contributed by atoms with Gasteiger partial charge in [0.1, 0.15) is 16.7 Å². The largest absolute Gasteiger partial charge is 0.379 e. The number of nitrogens with zero attached hydrogens (tertiary/aromatic N) is 2. The fraction of sp³-hybridized carbons (Fsp3) is 0.550. The highest BCUT2D eigenvalue weighted by Gasteiger charge is 2.27. The average molecular weight is 437 g/mol. The summed E-state index contributed by atoms with van der Waals surface area (Å²) in [7, 11) is 0. The summed E-state index contributed by atoms with van der Waals surface area (Å²) in [6.07, 6.45) is 0.791. The third-order valence-corrected chi connectivity index (χ3v) is 6.69. The van der Waals surface area contributed by atoms with Gasteiger partial charge in [0.05, 0.1) is 13.2 Å². The standard InChI is InChI=1S/C20H28N4O3S2/c1-3-14(2)17(19(26)21-5-6-24-7-9-27-10-8-24)23-18(25)16-13-29-20(22-16)15-4-11-28-12-15/h4,11-14,17H,3,5-10H2,1-2H3,(H,21,26)(H,23,25)/t14-,17-/m1/s1. The van der Waals surface area contributed by atoms with E-state index in [1.54, 1.807) is 16.7 Å². The fourth-order valence-corrected chi connectivity index (χ4v) is 4.60. The Hall–Kier alpha value is -1.81. The third-order valence-electron chi connectivity index (χ3n) is 5.12. The molecule has 0 saturated carbocycles. The highest BCUT2D eigenvalue weighted by Crippen LogP contribution is 2.25. The summed E-state index contributed by atoms with van der Waals surface area (Å²) < 4.78 is 5.34. The van der Waals surface area contributed by atoms with Gasteiger partial charge in [0.2, 0.25) is 5.91 Å². The SMILES string of the molecule is CC[C@@H](C)[C@@H](NC(=O)c1csc(-c2ccsc2)n1)C(=O)NCCN1CCOCC1. The summed E-state index contributed by atoms with van der Waals surface area (Å²) in [5, 5.41) is 12.4. The van der Waals surface area contributed by atoms with Crippen molar-refractivity contribution in [1.82, 2.24) is 20.5 Å². The molecule has 2 aromatic heterocycles. The number of ether oxygens (including phenoxy) is 1. The number of hydrogen-bond acceptors (Lipinski definition) is 7. The molecule has 2 N–H and O–H groups in total. The number of morpholine rings is 1. The molecule has 1 aliphatic rings. The number of hydrogen-bond donors (Lipinski definition) is 2. The smallest absolute Gasteiger partial charge is 0.271 e. The van der Waals surface area contributed by atoms with E-state index in [1.807, 2.05) is 30.7 Å². The van der Waals surface area contributed by atoms with E-state index in [4.69, 9.17) is 4.74 Å². The van der Waals surface area contributed by atoms with E-state index in [0.717, 1.165) is 49.8 Å². The number of nitrogens with one attached hydrogen (secondary N) is 2. The van der Waals surface area contributed by atoms with Gasteiger partial charge in [-0.2, -0.15) is 11.3 Å². The van der Waals surface area contributed by atoms with Gasteiger partial charge < -0.3 is 15.4 Å². The third kappa shape index (κ3) is 6.08. The number of carbonyl (C=O) groups excluding carboxylic acids is 2. The molecule has 7 nitrogen and oxygen atoms in total. The van der Waals surface area contributed by atoms with Crippen molar-refractivity contribution in [3.8, 4) is 10.6 Å². The van der Waals surface area contributed by atoms with Crippen LogP contribution in [0.1, 0.15) is 30.8 Å². The predicted octanol–water partition coefficient (Wildman–Crippen LogP) is 2.46. The Balaban J connectivity index is 1.56. The second-order valence-corrected chi connectivity index (χ2v) is 8.77. The maximum atomic E-state index is 12.8. The minimum Gasteiger partial charge on any atom is -0.379 e. The molecule has 0 aliphatic carbocycles. The van der Waals surface area contributed by atoms with Gasteiger partial charge in [-0.3, -0.25) is 14.5 Å². The van der Waals surface area contributed by atoms with E-state index >= 15 is 0 Å². The number of aromatic nitrogens is 1. The number of thiazole rings is 1. The first-order chi connectivity index (χ1) is 14.1. The minimum absolute atomic E-state index is 0.0253. The lowest BCUT2D eigenvalue weighted by molar-refractivity contribution is -0.124. The summed E-state index contributed by atoms with van der Waals surface area (Å²) in [4.78, 5) is 32.2. The fourth-order valence-electron chi connectivity index (χ4n) is 3.09. The molecular formula is C20H28N4O3S2. The summed E-state index contributed by atoms with van der Waals surface area (Å²) >= 11 is 3.03. The van der Waals surface area contributed by atoms with Gasteiger partial charge in [-0.25, -0.2) is 4.98 Å². The number of amides is 2. The van der Waals surface area contributed by atoms with E-state index in [1.165, 1.54) is 11.3 Å². The van der Waals surface area contributed by atoms with Crippen LogP contribution < -0.4 is 10.6 Å². The molecule has 3 heterocycles. The number of thiophene rings is 1. The molecule has 1 saturated heterocycles. The van der Waals surface area contributed by atoms with Gasteiger partial charge in [-0.1, -0.05) is 20.3 Å². The lowest BCUT2D eigenvalue weighted by Crippen LogP contribution is -2.51. The quantitative estimate of drug-likeness (QED) is 0.631. The average Bonchev–Trinajstić information content (AvgIpc) is 3.43. The normalized spacial score (nSPS) is 16.9. The zero-order valence-corrected chi connectivity index (χ0v) is 18.5. The van der Waals surface area contributed by atoms with Crippen molar-refractivity contribution in [2.24, 2.45) is 5.92 Å². The van der Waals surface area contributed by atoms with Gasteiger partial charge in [0, 0.05) is 42.5 Å². The van der Waals surface area contributed by atoms with E-state index < -0.39 is 6.04 Å². The van der Waals surface area contributed by atoms with Crippen LogP contribution >= 0.6 is 22.7 Å². The number of rotatable bonds is 9. The molecule has 0 spiro atoms. The lowest BCUT2D eigenvalue weighted by atomic mass is 9.98. The topological polar surface area (TPSA) is 83.6 Å². The summed E-state index contributed by atoms with van der Waals surface area (Å²) in [5.41, 5.74) is 1.36. The van der Waals surface area contributed by atoms with Gasteiger partial charge >= 0.3 is 0 Å². The van der Waals surface area contributed by atoms with Crippen LogP contribution in [0, 0.1) is 5.92 Å². The Morgan fingerprint density at radius 1 is 1.31 bits per heavy atom. The van der Waals surface area contributed by atoms with E-state index in [9.17, 15) is 9.59 Å². The first-order valence-corrected chi connectivity index (χ1v) is 11.8. The van der Waals surface area contributed by atoms with Crippen molar-refractivity contribution < 1.29 is 14.3 Å². The van der Waals surface area contributed by atoms with Crippen LogP contribution in [0.15, 0.2) is 22.2 Å². The molecule has 0 unspecified atom stereocenters. The molecule has 158 valence electrons. The van der Waals surface area contributed by atoms with Crippen LogP contribution in [-0.2, 0) is 9.53 Å². The van der Waals surface area contributed by atoms with E-state index in [-0.39, 0.29) is 17.7 Å². The second kappa shape index (κ2) is 10.8. The van der Waals surface area contributed by atoms with Crippen LogP contribution in [0.5, 0.6) is 0 Å². The highest BCUT2D eigenvalue weighted by molar-refractivity contribution is 7.14. The highest BCUT2D eigenvalue weighted by atomic mass is 32.1. The van der Waals surface area contributed by atoms with Crippen LogP contribution in [0.25, 0.3) is 10.6 Å². The molecule has 2 atom stereocenters. The zero-order valence-electron chi connectivity index (χ0n) is 16.8. The first-order valence-electron chi connectivity index (χ1n) is 9.95. The van der Waals surface area contributed by atoms with Crippen LogP contribution in [0.4, 0.5) is 0 Å². The molecule has 0 bridgehead atoms. The Morgan fingerprint density at radius 3 is 2.79 bits per heavy atom. The summed E-state index contributed by atoms with van der Waals surface area (Å²) in [5.74, 6) is -0.428. The minimum atomic E-state index is -0.580. The summed E-state index contributed by atoms with van der Waals surface area (Å²) in [6, 6.07) is 1.40. The molecule has 29 heavy (non-hydrogen) atoms. The van der Waals surface area contributed by atoms with E-state index in [2.05, 4.69) is 20.5 Å². The predicted molar refractivity (Wildman–Crippen MR) is 116 cm³/mol. The van der Waals surface area contributed by atoms with Crippen molar-refractivity contribution in [3.05, 3.63) is 27.9 Å². The summed E-state index contributed by atoms with van der Waals surface area (Å²) in [6.45, 7) is 8.58.